The number of carbonyl (C=O) groups excluding carboxylic acids is 4. The van der Waals surface area contributed by atoms with Crippen molar-refractivity contribution in [2.24, 2.45) is 23.7 Å². The van der Waals surface area contributed by atoms with E-state index < -0.39 is 97.5 Å². The maximum absolute atomic E-state index is 13.1. The fourth-order valence-corrected chi connectivity index (χ4v) is 13.2. The summed E-state index contributed by atoms with van der Waals surface area (Å²) in [7, 11) is -9.91. The van der Waals surface area contributed by atoms with Crippen molar-refractivity contribution in [2.45, 2.75) is 408 Å². The van der Waals surface area contributed by atoms with Gasteiger partial charge in [0.2, 0.25) is 0 Å². The molecule has 0 aromatic rings. The lowest BCUT2D eigenvalue weighted by molar-refractivity contribution is -0.161. The quantitative estimate of drug-likeness (QED) is 0.0222. The Labute approximate surface area is 588 Å². The number of aliphatic hydroxyl groups excluding tert-OH is 1. The van der Waals surface area contributed by atoms with E-state index in [1.807, 2.05) is 0 Å². The van der Waals surface area contributed by atoms with Crippen LogP contribution in [0.5, 0.6) is 0 Å². The molecule has 0 spiro atoms. The van der Waals surface area contributed by atoms with Gasteiger partial charge in [-0.1, -0.05) is 338 Å². The van der Waals surface area contributed by atoms with Gasteiger partial charge in [-0.3, -0.25) is 37.3 Å². The number of phosphoric acid groups is 2. The average molecular weight is 1410 g/mol. The summed E-state index contributed by atoms with van der Waals surface area (Å²) in [4.78, 5) is 72.8. The first kappa shape index (κ1) is 94.1. The van der Waals surface area contributed by atoms with E-state index in [-0.39, 0.29) is 25.7 Å². The maximum atomic E-state index is 13.1. The molecule has 570 valence electrons. The van der Waals surface area contributed by atoms with Crippen LogP contribution in [-0.4, -0.2) is 96.7 Å². The van der Waals surface area contributed by atoms with Crippen molar-refractivity contribution in [3.63, 3.8) is 0 Å². The first-order valence-electron chi connectivity index (χ1n) is 39.8. The van der Waals surface area contributed by atoms with Crippen molar-refractivity contribution < 1.29 is 80.2 Å². The van der Waals surface area contributed by atoms with Gasteiger partial charge < -0.3 is 33.8 Å². The molecule has 96 heavy (non-hydrogen) atoms. The third kappa shape index (κ3) is 67.9. The Morgan fingerprint density at radius 3 is 0.740 bits per heavy atom. The first-order valence-corrected chi connectivity index (χ1v) is 42.8. The molecule has 0 bridgehead atoms. The molecule has 7 atom stereocenters. The van der Waals surface area contributed by atoms with Gasteiger partial charge >= 0.3 is 39.5 Å². The zero-order valence-electron chi connectivity index (χ0n) is 63.0. The molecule has 0 aliphatic carbocycles. The summed E-state index contributed by atoms with van der Waals surface area (Å²) < 4.78 is 68.5. The van der Waals surface area contributed by atoms with Gasteiger partial charge in [0.15, 0.2) is 12.2 Å². The monoisotopic (exact) mass is 1410 g/mol. The van der Waals surface area contributed by atoms with Crippen molar-refractivity contribution in [1.29, 1.82) is 0 Å². The standard InChI is InChI=1S/C77H150O17P2/c1-9-69(7)55-47-39-30-23-19-17-15-13-11-12-14-16-18-20-25-33-43-51-59-76(81)93-72(63-87-74(79)57-49-41-32-28-27-29-37-45-53-67(3)4)65-91-95(83,84)89-61-71(78)62-90-96(85,86)92-66-73(64-88-75(80)58-50-42-36-35-38-46-54-68(5)6)94-77(82)60-52-44-34-26-22-21-24-31-40-48-56-70(8)10-2/h67-73,78H,9-66H2,1-8H3,(H,83,84)(H,85,86)/t69?,70?,71-,72-,73-/m1/s1. The third-order valence-electron chi connectivity index (χ3n) is 18.5. The summed E-state index contributed by atoms with van der Waals surface area (Å²) in [6, 6.07) is 0. The summed E-state index contributed by atoms with van der Waals surface area (Å²) in [5, 5.41) is 10.6. The van der Waals surface area contributed by atoms with Crippen LogP contribution in [0.25, 0.3) is 0 Å². The summed E-state index contributed by atoms with van der Waals surface area (Å²) in [5.41, 5.74) is 0. The molecule has 0 heterocycles. The molecule has 19 heteroatoms. The van der Waals surface area contributed by atoms with E-state index in [1.54, 1.807) is 0 Å². The molecule has 0 fully saturated rings. The maximum Gasteiger partial charge on any atom is 0.472 e. The topological polar surface area (TPSA) is 237 Å². The Balaban J connectivity index is 5.17. The molecule has 0 saturated carbocycles. The zero-order valence-corrected chi connectivity index (χ0v) is 64.8. The average Bonchev–Trinajstić information content (AvgIpc) is 2.14. The summed E-state index contributed by atoms with van der Waals surface area (Å²) >= 11 is 0. The minimum atomic E-state index is -4.96. The molecule has 3 N–H and O–H groups in total. The zero-order chi connectivity index (χ0) is 71.0. The number of rotatable bonds is 74. The van der Waals surface area contributed by atoms with Gasteiger partial charge in [0.25, 0.3) is 0 Å². The van der Waals surface area contributed by atoms with Crippen molar-refractivity contribution in [1.82, 2.24) is 0 Å². The predicted molar refractivity (Wildman–Crippen MR) is 391 cm³/mol. The summed E-state index contributed by atoms with van der Waals surface area (Å²) in [6.07, 6.45) is 51.5. The smallest absolute Gasteiger partial charge is 0.462 e. The van der Waals surface area contributed by atoms with Crippen molar-refractivity contribution >= 4 is 39.5 Å². The number of unbranched alkanes of at least 4 members (excludes halogenated alkanes) is 38. The number of ether oxygens (including phenoxy) is 4. The van der Waals surface area contributed by atoms with Gasteiger partial charge in [-0.15, -0.1) is 0 Å². The van der Waals surface area contributed by atoms with Crippen molar-refractivity contribution in [3.8, 4) is 0 Å². The fraction of sp³-hybridized carbons (Fsp3) is 0.948. The highest BCUT2D eigenvalue weighted by atomic mass is 31.2. The molecule has 0 aliphatic heterocycles. The van der Waals surface area contributed by atoms with Crippen LogP contribution >= 0.6 is 15.6 Å². The fourth-order valence-electron chi connectivity index (χ4n) is 11.7. The van der Waals surface area contributed by atoms with Gasteiger partial charge in [0, 0.05) is 25.7 Å². The van der Waals surface area contributed by atoms with E-state index in [0.717, 1.165) is 114 Å². The number of hydrogen-bond donors (Lipinski definition) is 3. The Morgan fingerprint density at radius 1 is 0.292 bits per heavy atom. The highest BCUT2D eigenvalue weighted by Crippen LogP contribution is 2.45. The number of carbonyl (C=O) groups is 4. The van der Waals surface area contributed by atoms with E-state index in [4.69, 9.17) is 37.0 Å². The van der Waals surface area contributed by atoms with Gasteiger partial charge in [0.05, 0.1) is 26.4 Å². The Morgan fingerprint density at radius 2 is 0.500 bits per heavy atom. The highest BCUT2D eigenvalue weighted by Gasteiger charge is 2.30. The van der Waals surface area contributed by atoms with Crippen LogP contribution in [0.1, 0.15) is 389 Å². The van der Waals surface area contributed by atoms with E-state index >= 15 is 0 Å². The number of esters is 4. The van der Waals surface area contributed by atoms with Crippen LogP contribution in [0.15, 0.2) is 0 Å². The molecule has 4 unspecified atom stereocenters. The Hall–Kier alpha value is -1.94. The molecule has 17 nitrogen and oxygen atoms in total. The van der Waals surface area contributed by atoms with Crippen molar-refractivity contribution in [2.75, 3.05) is 39.6 Å². The second kappa shape index (κ2) is 66.3. The Bertz CT molecular complexity index is 1890. The molecule has 0 saturated heterocycles. The van der Waals surface area contributed by atoms with Crippen LogP contribution in [0.2, 0.25) is 0 Å². The van der Waals surface area contributed by atoms with Gasteiger partial charge in [-0.25, -0.2) is 9.13 Å². The molecule has 0 aliphatic rings. The van der Waals surface area contributed by atoms with E-state index in [0.29, 0.717) is 31.6 Å². The Kier molecular flexibility index (Phi) is 65.0. The highest BCUT2D eigenvalue weighted by molar-refractivity contribution is 7.47. The largest absolute Gasteiger partial charge is 0.472 e. The molecule has 0 amide bonds. The molecule has 0 aromatic heterocycles. The van der Waals surface area contributed by atoms with Crippen LogP contribution in [0.4, 0.5) is 0 Å². The molecular formula is C77H150O17P2. The van der Waals surface area contributed by atoms with Crippen LogP contribution in [0, 0.1) is 23.7 Å². The van der Waals surface area contributed by atoms with Gasteiger partial charge in [-0.2, -0.15) is 0 Å². The third-order valence-corrected chi connectivity index (χ3v) is 20.4. The van der Waals surface area contributed by atoms with E-state index in [1.165, 1.54) is 186 Å². The normalized spacial score (nSPS) is 14.7. The SMILES string of the molecule is CCC(C)CCCCCCCCCCCCCCCCCCCCC(=O)O[C@H](COC(=O)CCCCCCCCCCC(C)C)COP(=O)(O)OC[C@@H](O)COP(=O)(O)OC[C@@H](COC(=O)CCCCCCCCC(C)C)OC(=O)CCCCCCCCCCCCC(C)CC. The minimum Gasteiger partial charge on any atom is -0.462 e. The molecule has 0 rings (SSSR count). The van der Waals surface area contributed by atoms with Crippen LogP contribution in [-0.2, 0) is 65.4 Å². The van der Waals surface area contributed by atoms with Gasteiger partial charge in [-0.05, 0) is 49.4 Å². The summed E-state index contributed by atoms with van der Waals surface area (Å²) in [6.45, 7) is 14.2. The second-order valence-electron chi connectivity index (χ2n) is 29.2. The summed E-state index contributed by atoms with van der Waals surface area (Å²) in [5.74, 6) is 0.956. The van der Waals surface area contributed by atoms with Crippen LogP contribution < -0.4 is 0 Å². The number of aliphatic hydroxyl groups is 1. The van der Waals surface area contributed by atoms with Crippen LogP contribution in [0.3, 0.4) is 0 Å². The van der Waals surface area contributed by atoms with E-state index in [9.17, 15) is 43.2 Å². The molecule has 0 aromatic carbocycles. The lowest BCUT2D eigenvalue weighted by Gasteiger charge is -2.21. The number of hydrogen-bond acceptors (Lipinski definition) is 15. The number of phosphoric ester groups is 2. The lowest BCUT2D eigenvalue weighted by atomic mass is 9.99. The predicted octanol–water partition coefficient (Wildman–Crippen LogP) is 22.4. The second-order valence-corrected chi connectivity index (χ2v) is 32.1. The van der Waals surface area contributed by atoms with Crippen molar-refractivity contribution in [3.05, 3.63) is 0 Å². The lowest BCUT2D eigenvalue weighted by Crippen LogP contribution is -2.30. The molecular weight excluding hydrogens is 1260 g/mol. The van der Waals surface area contributed by atoms with E-state index in [2.05, 4.69) is 55.4 Å². The first-order chi connectivity index (χ1) is 46.2. The molecule has 0 radical (unpaired) electrons. The van der Waals surface area contributed by atoms with Gasteiger partial charge in [0.1, 0.15) is 19.3 Å². The minimum absolute atomic E-state index is 0.105.